The van der Waals surface area contributed by atoms with E-state index in [1.165, 1.54) is 12.4 Å². The molecule has 19 heavy (non-hydrogen) atoms. The van der Waals surface area contributed by atoms with E-state index < -0.39 is 17.3 Å². The zero-order valence-corrected chi connectivity index (χ0v) is 10.1. The van der Waals surface area contributed by atoms with Crippen LogP contribution in [-0.4, -0.2) is 14.5 Å². The Hall–Kier alpha value is -1.89. The highest BCUT2D eigenvalue weighted by molar-refractivity contribution is 6.29. The summed E-state index contributed by atoms with van der Waals surface area (Å²) in [7, 11) is 0. The van der Waals surface area contributed by atoms with Crippen molar-refractivity contribution < 1.29 is 13.2 Å². The summed E-state index contributed by atoms with van der Waals surface area (Å²) in [5.41, 5.74) is -1.11. The van der Waals surface area contributed by atoms with Crippen LogP contribution in [0.15, 0.2) is 35.5 Å². The van der Waals surface area contributed by atoms with Crippen molar-refractivity contribution in [2.75, 3.05) is 0 Å². The van der Waals surface area contributed by atoms with Crippen LogP contribution in [0.5, 0.6) is 0 Å². The van der Waals surface area contributed by atoms with Crippen LogP contribution in [0.2, 0.25) is 5.15 Å². The number of rotatable bonds is 2. The molecular formula is C11H7ClF3N3O. The lowest BCUT2D eigenvalue weighted by Crippen LogP contribution is -2.22. The minimum atomic E-state index is -4.50. The zero-order valence-electron chi connectivity index (χ0n) is 9.36. The number of pyridine rings is 1. The highest BCUT2D eigenvalue weighted by Gasteiger charge is 2.31. The Labute approximate surface area is 110 Å². The monoisotopic (exact) mass is 289 g/mol. The molecule has 0 aliphatic heterocycles. The molecule has 4 nitrogen and oxygen atoms in total. The first-order chi connectivity index (χ1) is 8.86. The van der Waals surface area contributed by atoms with E-state index in [1.807, 2.05) is 0 Å². The maximum Gasteiger partial charge on any atom is 0.417 e. The van der Waals surface area contributed by atoms with Gasteiger partial charge in [-0.1, -0.05) is 11.6 Å². The summed E-state index contributed by atoms with van der Waals surface area (Å²) in [5, 5.41) is 0.167. The molecule has 0 saturated heterocycles. The third-order valence-electron chi connectivity index (χ3n) is 2.32. The summed E-state index contributed by atoms with van der Waals surface area (Å²) in [6, 6.07) is 1.61. The summed E-state index contributed by atoms with van der Waals surface area (Å²) in [6.07, 6.45) is -1.19. The lowest BCUT2D eigenvalue weighted by atomic mass is 10.2. The molecule has 0 amide bonds. The molecule has 0 aromatic carbocycles. The second-order valence-corrected chi connectivity index (χ2v) is 4.10. The quantitative estimate of drug-likeness (QED) is 0.853. The maximum absolute atomic E-state index is 12.5. The molecule has 2 aromatic rings. The van der Waals surface area contributed by atoms with E-state index in [2.05, 4.69) is 9.97 Å². The van der Waals surface area contributed by atoms with Gasteiger partial charge in [0.15, 0.2) is 0 Å². The van der Waals surface area contributed by atoms with Crippen molar-refractivity contribution in [2.24, 2.45) is 0 Å². The molecule has 0 radical (unpaired) electrons. The number of hydrogen-bond donors (Lipinski definition) is 0. The average Bonchev–Trinajstić information content (AvgIpc) is 2.33. The molecule has 0 atom stereocenters. The van der Waals surface area contributed by atoms with Gasteiger partial charge in [0.1, 0.15) is 5.15 Å². The van der Waals surface area contributed by atoms with E-state index in [1.54, 1.807) is 0 Å². The highest BCUT2D eigenvalue weighted by Crippen LogP contribution is 2.28. The summed E-state index contributed by atoms with van der Waals surface area (Å²) in [4.78, 5) is 19.1. The van der Waals surface area contributed by atoms with Crippen LogP contribution < -0.4 is 5.56 Å². The Morgan fingerprint density at radius 1 is 1.21 bits per heavy atom. The minimum Gasteiger partial charge on any atom is -0.309 e. The van der Waals surface area contributed by atoms with Crippen molar-refractivity contribution in [2.45, 2.75) is 12.7 Å². The molecule has 100 valence electrons. The fourth-order valence-corrected chi connectivity index (χ4v) is 1.52. The highest BCUT2D eigenvalue weighted by atomic mass is 35.5. The van der Waals surface area contributed by atoms with Gasteiger partial charge in [-0.2, -0.15) is 13.2 Å². The third-order valence-corrected chi connectivity index (χ3v) is 2.51. The molecule has 0 spiro atoms. The van der Waals surface area contributed by atoms with Gasteiger partial charge in [0.05, 0.1) is 30.2 Å². The summed E-state index contributed by atoms with van der Waals surface area (Å²) in [6.45, 7) is -0.104. The Balaban J connectivity index is 2.34. The van der Waals surface area contributed by atoms with Crippen LogP contribution >= 0.6 is 11.6 Å². The molecule has 0 saturated carbocycles. The van der Waals surface area contributed by atoms with E-state index in [9.17, 15) is 18.0 Å². The van der Waals surface area contributed by atoms with Gasteiger partial charge in [0.2, 0.25) is 0 Å². The van der Waals surface area contributed by atoms with Crippen molar-refractivity contribution >= 4 is 11.6 Å². The molecule has 0 N–H and O–H groups in total. The molecule has 0 unspecified atom stereocenters. The first kappa shape index (κ1) is 13.5. The molecular weight excluding hydrogens is 283 g/mol. The smallest absolute Gasteiger partial charge is 0.309 e. The molecule has 2 heterocycles. The maximum atomic E-state index is 12.5. The van der Waals surface area contributed by atoms with Crippen LogP contribution in [0.25, 0.3) is 0 Å². The van der Waals surface area contributed by atoms with E-state index >= 15 is 0 Å². The molecule has 2 rings (SSSR count). The minimum absolute atomic E-state index is 0.104. The fraction of sp³-hybridized carbons (Fsp3) is 0.182. The average molecular weight is 290 g/mol. The third kappa shape index (κ3) is 3.31. The molecule has 0 aliphatic carbocycles. The lowest BCUT2D eigenvalue weighted by Gasteiger charge is -2.10. The van der Waals surface area contributed by atoms with Gasteiger partial charge in [-0.05, 0) is 6.07 Å². The largest absolute Gasteiger partial charge is 0.417 e. The van der Waals surface area contributed by atoms with Crippen LogP contribution in [-0.2, 0) is 12.7 Å². The number of nitrogens with zero attached hydrogens (tertiary/aromatic N) is 3. The van der Waals surface area contributed by atoms with Gasteiger partial charge >= 0.3 is 6.18 Å². The Morgan fingerprint density at radius 2 is 1.95 bits per heavy atom. The SMILES string of the molecule is O=c1ccc(C(F)(F)F)cn1Cc1cnc(Cl)cn1. The topological polar surface area (TPSA) is 47.8 Å². The standard InChI is InChI=1S/C11H7ClF3N3O/c12-9-4-16-8(3-17-9)6-18-5-7(11(13,14)15)1-2-10(18)19/h1-5H,6H2. The van der Waals surface area contributed by atoms with Gasteiger partial charge in [-0.3, -0.25) is 9.78 Å². The molecule has 0 bridgehead atoms. The Bertz CT molecular complexity index is 637. The van der Waals surface area contributed by atoms with Crippen molar-refractivity contribution in [3.8, 4) is 0 Å². The van der Waals surface area contributed by atoms with Crippen LogP contribution in [0.4, 0.5) is 13.2 Å². The number of halogens is 4. The van der Waals surface area contributed by atoms with E-state index in [4.69, 9.17) is 11.6 Å². The van der Waals surface area contributed by atoms with Gasteiger partial charge in [0.25, 0.3) is 5.56 Å². The summed E-state index contributed by atoms with van der Waals surface area (Å²) >= 11 is 5.54. The molecule has 8 heteroatoms. The number of hydrogen-bond acceptors (Lipinski definition) is 3. The predicted octanol–water partition coefficient (Wildman–Crippen LogP) is 2.36. The molecule has 0 aliphatic rings. The van der Waals surface area contributed by atoms with Gasteiger partial charge in [-0.15, -0.1) is 0 Å². The predicted molar refractivity (Wildman–Crippen MR) is 61.8 cm³/mol. The van der Waals surface area contributed by atoms with Crippen molar-refractivity contribution in [3.05, 3.63) is 57.5 Å². The van der Waals surface area contributed by atoms with Crippen LogP contribution in [0.3, 0.4) is 0 Å². The normalized spacial score (nSPS) is 11.6. The molecule has 2 aromatic heterocycles. The number of alkyl halides is 3. The first-order valence-corrected chi connectivity index (χ1v) is 5.48. The van der Waals surface area contributed by atoms with Crippen molar-refractivity contribution in [3.63, 3.8) is 0 Å². The van der Waals surface area contributed by atoms with E-state index in [0.29, 0.717) is 5.69 Å². The first-order valence-electron chi connectivity index (χ1n) is 5.10. The van der Waals surface area contributed by atoms with E-state index in [0.717, 1.165) is 22.9 Å². The van der Waals surface area contributed by atoms with Crippen molar-refractivity contribution in [1.82, 2.24) is 14.5 Å². The lowest BCUT2D eigenvalue weighted by molar-refractivity contribution is -0.138. The summed E-state index contributed by atoms with van der Waals surface area (Å²) < 4.78 is 38.5. The summed E-state index contributed by atoms with van der Waals surface area (Å²) in [5.74, 6) is 0. The zero-order chi connectivity index (χ0) is 14.0. The fourth-order valence-electron chi connectivity index (χ4n) is 1.42. The molecule has 0 fully saturated rings. The Morgan fingerprint density at radius 3 is 2.53 bits per heavy atom. The van der Waals surface area contributed by atoms with Gasteiger partial charge in [-0.25, -0.2) is 4.98 Å². The van der Waals surface area contributed by atoms with Crippen molar-refractivity contribution in [1.29, 1.82) is 0 Å². The Kier molecular flexibility index (Phi) is 3.57. The van der Waals surface area contributed by atoms with Gasteiger partial charge < -0.3 is 4.57 Å². The second-order valence-electron chi connectivity index (χ2n) is 3.71. The van der Waals surface area contributed by atoms with E-state index in [-0.39, 0.29) is 11.7 Å². The van der Waals surface area contributed by atoms with Crippen LogP contribution in [0, 0.1) is 0 Å². The number of aromatic nitrogens is 3. The van der Waals surface area contributed by atoms with Crippen LogP contribution in [0.1, 0.15) is 11.3 Å². The van der Waals surface area contributed by atoms with Gasteiger partial charge in [0, 0.05) is 12.3 Å². The second kappa shape index (κ2) is 5.00.